The molecule has 11 heavy (non-hydrogen) atoms. The molecule has 1 heterocycles. The van der Waals surface area contributed by atoms with Gasteiger partial charge in [-0.1, -0.05) is 18.2 Å². The first-order chi connectivity index (χ1) is 5.11. The van der Waals surface area contributed by atoms with Gasteiger partial charge in [-0.15, -0.1) is 0 Å². The van der Waals surface area contributed by atoms with Gasteiger partial charge in [0.1, 0.15) is 0 Å². The summed E-state index contributed by atoms with van der Waals surface area (Å²) in [4.78, 5) is 13.0. The summed E-state index contributed by atoms with van der Waals surface area (Å²) >= 11 is 0. The third-order valence-electron chi connectivity index (χ3n) is 1.76. The molecule has 0 unspecified atom stereocenters. The molecule has 0 bridgehead atoms. The summed E-state index contributed by atoms with van der Waals surface area (Å²) in [5.74, 6) is 0.146. The first-order valence-corrected chi connectivity index (χ1v) is 3.73. The van der Waals surface area contributed by atoms with Crippen LogP contribution in [0.3, 0.4) is 0 Å². The van der Waals surface area contributed by atoms with Crippen LogP contribution in [0, 0.1) is 0 Å². The fraction of sp³-hybridized carbons (Fsp3) is 0.444. The topological polar surface area (TPSA) is 20.3 Å². The second-order valence-corrected chi connectivity index (χ2v) is 2.99. The molecule has 1 rings (SSSR count). The Balaban J connectivity index is 2.77. The van der Waals surface area contributed by atoms with E-state index in [1.807, 2.05) is 20.0 Å². The molecule has 1 aliphatic heterocycles. The number of nitrogens with zero attached hydrogens (tertiary/aromatic N) is 1. The number of amides is 1. The molecule has 2 nitrogen and oxygen atoms in total. The minimum atomic E-state index is 0.146. The van der Waals surface area contributed by atoms with Gasteiger partial charge in [0.2, 0.25) is 5.91 Å². The van der Waals surface area contributed by atoms with Crippen molar-refractivity contribution in [1.82, 2.24) is 4.90 Å². The highest BCUT2D eigenvalue weighted by molar-refractivity contribution is 5.95. The highest BCUT2D eigenvalue weighted by Gasteiger charge is 2.21. The van der Waals surface area contributed by atoms with Crippen molar-refractivity contribution in [3.8, 4) is 0 Å². The molecule has 0 aromatic heterocycles. The summed E-state index contributed by atoms with van der Waals surface area (Å²) in [5.41, 5.74) is 1.84. The molecule has 1 saturated heterocycles. The van der Waals surface area contributed by atoms with Gasteiger partial charge in [0.05, 0.1) is 0 Å². The van der Waals surface area contributed by atoms with Crippen molar-refractivity contribution in [2.45, 2.75) is 13.3 Å². The molecule has 0 atom stereocenters. The van der Waals surface area contributed by atoms with Gasteiger partial charge in [-0.3, -0.25) is 4.79 Å². The minimum absolute atomic E-state index is 0.146. The average molecular weight is 151 g/mol. The SMILES string of the molecule is C=C(C)/C=C1/CCN(C)C1=O. The molecule has 0 N–H and O–H groups in total. The number of likely N-dealkylation sites (N-methyl/N-ethyl adjacent to an activating group) is 1. The van der Waals surface area contributed by atoms with E-state index in [4.69, 9.17) is 0 Å². The van der Waals surface area contributed by atoms with E-state index in [9.17, 15) is 4.79 Å². The van der Waals surface area contributed by atoms with Crippen LogP contribution >= 0.6 is 0 Å². The molecule has 0 radical (unpaired) electrons. The van der Waals surface area contributed by atoms with Crippen LogP contribution in [0.1, 0.15) is 13.3 Å². The van der Waals surface area contributed by atoms with E-state index in [0.717, 1.165) is 24.1 Å². The van der Waals surface area contributed by atoms with Gasteiger partial charge in [-0.25, -0.2) is 0 Å². The number of allylic oxidation sites excluding steroid dienone is 2. The number of likely N-dealkylation sites (tertiary alicyclic amines) is 1. The van der Waals surface area contributed by atoms with E-state index in [-0.39, 0.29) is 5.91 Å². The Hall–Kier alpha value is -1.05. The number of carbonyl (C=O) groups excluding carboxylic acids is 1. The third kappa shape index (κ3) is 1.70. The van der Waals surface area contributed by atoms with Crippen LogP contribution in [0.25, 0.3) is 0 Å². The number of rotatable bonds is 1. The summed E-state index contributed by atoms with van der Waals surface area (Å²) in [6, 6.07) is 0. The molecule has 1 aliphatic rings. The minimum Gasteiger partial charge on any atom is -0.342 e. The lowest BCUT2D eigenvalue weighted by Crippen LogP contribution is -2.18. The van der Waals surface area contributed by atoms with Crippen molar-refractivity contribution >= 4 is 5.91 Å². The van der Waals surface area contributed by atoms with Crippen LogP contribution < -0.4 is 0 Å². The van der Waals surface area contributed by atoms with E-state index in [2.05, 4.69) is 6.58 Å². The maximum Gasteiger partial charge on any atom is 0.249 e. The van der Waals surface area contributed by atoms with Gasteiger partial charge in [0.25, 0.3) is 0 Å². The van der Waals surface area contributed by atoms with Crippen LogP contribution in [0.15, 0.2) is 23.8 Å². The quantitative estimate of drug-likeness (QED) is 0.518. The van der Waals surface area contributed by atoms with E-state index < -0.39 is 0 Å². The molecular formula is C9H13NO. The highest BCUT2D eigenvalue weighted by Crippen LogP contribution is 2.16. The van der Waals surface area contributed by atoms with Crippen molar-refractivity contribution in [3.05, 3.63) is 23.8 Å². The van der Waals surface area contributed by atoms with Gasteiger partial charge < -0.3 is 4.90 Å². The zero-order valence-corrected chi connectivity index (χ0v) is 7.05. The van der Waals surface area contributed by atoms with Crippen molar-refractivity contribution in [2.24, 2.45) is 0 Å². The second-order valence-electron chi connectivity index (χ2n) is 2.99. The maximum atomic E-state index is 11.3. The van der Waals surface area contributed by atoms with Gasteiger partial charge in [0.15, 0.2) is 0 Å². The Morgan fingerprint density at radius 2 is 2.36 bits per heavy atom. The van der Waals surface area contributed by atoms with Crippen LogP contribution in [0.5, 0.6) is 0 Å². The molecule has 2 heteroatoms. The zero-order chi connectivity index (χ0) is 8.43. The fourth-order valence-electron chi connectivity index (χ4n) is 1.17. The second kappa shape index (κ2) is 2.91. The Kier molecular flexibility index (Phi) is 2.13. The molecule has 0 saturated carbocycles. The monoisotopic (exact) mass is 151 g/mol. The molecule has 1 amide bonds. The van der Waals surface area contributed by atoms with Crippen molar-refractivity contribution < 1.29 is 4.79 Å². The van der Waals surface area contributed by atoms with Crippen LogP contribution in [-0.2, 0) is 4.79 Å². The molecule has 1 fully saturated rings. The lowest BCUT2D eigenvalue weighted by Gasteiger charge is -2.04. The summed E-state index contributed by atoms with van der Waals surface area (Å²) in [5, 5.41) is 0. The average Bonchev–Trinajstić information content (AvgIpc) is 2.18. The van der Waals surface area contributed by atoms with Crippen LogP contribution in [-0.4, -0.2) is 24.4 Å². The summed E-state index contributed by atoms with van der Waals surface area (Å²) in [6.07, 6.45) is 2.73. The van der Waals surface area contributed by atoms with E-state index >= 15 is 0 Å². The van der Waals surface area contributed by atoms with Crippen molar-refractivity contribution in [3.63, 3.8) is 0 Å². The van der Waals surface area contributed by atoms with Crippen LogP contribution in [0.2, 0.25) is 0 Å². The summed E-state index contributed by atoms with van der Waals surface area (Å²) in [7, 11) is 1.82. The standard InChI is InChI=1S/C9H13NO/c1-7(2)6-8-4-5-10(3)9(8)11/h6H,1,4-5H2,2-3H3/b8-6-. The number of carbonyl (C=O) groups is 1. The Morgan fingerprint density at radius 1 is 1.73 bits per heavy atom. The smallest absolute Gasteiger partial charge is 0.249 e. The molecule has 0 aromatic rings. The van der Waals surface area contributed by atoms with Gasteiger partial charge >= 0.3 is 0 Å². The predicted molar refractivity (Wildman–Crippen MR) is 45.2 cm³/mol. The van der Waals surface area contributed by atoms with E-state index in [0.29, 0.717) is 0 Å². The fourth-order valence-corrected chi connectivity index (χ4v) is 1.17. The number of hydrogen-bond donors (Lipinski definition) is 0. The Bertz CT molecular complexity index is 228. The first-order valence-electron chi connectivity index (χ1n) is 3.73. The molecule has 0 aromatic carbocycles. The normalized spacial score (nSPS) is 21.5. The molecular weight excluding hydrogens is 138 g/mol. The van der Waals surface area contributed by atoms with Gasteiger partial charge in [-0.2, -0.15) is 0 Å². The lowest BCUT2D eigenvalue weighted by atomic mass is 10.1. The summed E-state index contributed by atoms with van der Waals surface area (Å²) in [6.45, 7) is 6.48. The third-order valence-corrected chi connectivity index (χ3v) is 1.76. The number of hydrogen-bond acceptors (Lipinski definition) is 1. The van der Waals surface area contributed by atoms with Crippen molar-refractivity contribution in [2.75, 3.05) is 13.6 Å². The van der Waals surface area contributed by atoms with Gasteiger partial charge in [0, 0.05) is 19.2 Å². The van der Waals surface area contributed by atoms with Crippen molar-refractivity contribution in [1.29, 1.82) is 0 Å². The summed E-state index contributed by atoms with van der Waals surface area (Å²) < 4.78 is 0. The lowest BCUT2D eigenvalue weighted by molar-refractivity contribution is -0.123. The zero-order valence-electron chi connectivity index (χ0n) is 7.05. The molecule has 0 spiro atoms. The Labute approximate surface area is 67.2 Å². The largest absolute Gasteiger partial charge is 0.342 e. The van der Waals surface area contributed by atoms with Crippen LogP contribution in [0.4, 0.5) is 0 Å². The maximum absolute atomic E-state index is 11.3. The molecule has 60 valence electrons. The highest BCUT2D eigenvalue weighted by atomic mass is 16.2. The predicted octanol–water partition coefficient (Wildman–Crippen LogP) is 1.35. The Morgan fingerprint density at radius 3 is 2.73 bits per heavy atom. The van der Waals surface area contributed by atoms with E-state index in [1.165, 1.54) is 0 Å². The first kappa shape index (κ1) is 8.05. The van der Waals surface area contributed by atoms with E-state index in [1.54, 1.807) is 4.90 Å². The van der Waals surface area contributed by atoms with Gasteiger partial charge in [-0.05, 0) is 13.3 Å². The molecule has 0 aliphatic carbocycles.